The highest BCUT2D eigenvalue weighted by Gasteiger charge is 2.16. The van der Waals surface area contributed by atoms with E-state index >= 15 is 0 Å². The largest absolute Gasteiger partial charge is 0.478 e. The third-order valence-electron chi connectivity index (χ3n) is 3.52. The maximum absolute atomic E-state index is 11.4. The average Bonchev–Trinajstić information content (AvgIpc) is 2.47. The van der Waals surface area contributed by atoms with E-state index in [-0.39, 0.29) is 0 Å². The molecule has 1 saturated heterocycles. The molecule has 1 aliphatic rings. The molecule has 0 aliphatic carbocycles. The molecule has 1 aromatic heterocycles. The van der Waals surface area contributed by atoms with Crippen LogP contribution in [0.4, 0.5) is 5.82 Å². The van der Waals surface area contributed by atoms with Gasteiger partial charge in [0.05, 0.1) is 11.1 Å². The summed E-state index contributed by atoms with van der Waals surface area (Å²) in [6.07, 6.45) is 2.20. The number of carboxylic acids is 1. The van der Waals surface area contributed by atoms with Gasteiger partial charge in [0.1, 0.15) is 5.82 Å². The quantitative estimate of drug-likeness (QED) is 0.908. The van der Waals surface area contributed by atoms with Crippen LogP contribution in [0.2, 0.25) is 0 Å². The van der Waals surface area contributed by atoms with Crippen LogP contribution in [0, 0.1) is 0 Å². The molecule has 0 radical (unpaired) electrons. The van der Waals surface area contributed by atoms with Gasteiger partial charge in [-0.3, -0.25) is 0 Å². The van der Waals surface area contributed by atoms with Crippen LogP contribution in [0.5, 0.6) is 0 Å². The number of aromatic carboxylic acids is 1. The first-order chi connectivity index (χ1) is 9.74. The van der Waals surface area contributed by atoms with E-state index in [9.17, 15) is 9.90 Å². The van der Waals surface area contributed by atoms with Crippen molar-refractivity contribution in [2.75, 3.05) is 16.8 Å². The number of thioether (sulfide) groups is 1. The third-order valence-corrected chi connectivity index (χ3v) is 4.57. The number of carbonyl (C=O) groups is 1. The molecule has 20 heavy (non-hydrogen) atoms. The van der Waals surface area contributed by atoms with Gasteiger partial charge in [0.25, 0.3) is 0 Å². The molecule has 104 valence electrons. The first-order valence-electron chi connectivity index (χ1n) is 6.71. The van der Waals surface area contributed by atoms with Crippen LogP contribution in [0.3, 0.4) is 0 Å². The van der Waals surface area contributed by atoms with E-state index < -0.39 is 5.97 Å². The van der Waals surface area contributed by atoms with E-state index in [1.807, 2.05) is 30.0 Å². The van der Waals surface area contributed by atoms with Crippen molar-refractivity contribution in [3.8, 4) is 0 Å². The number of rotatable bonds is 3. The Balaban J connectivity index is 1.96. The molecule has 0 unspecified atom stereocenters. The summed E-state index contributed by atoms with van der Waals surface area (Å²) in [5.74, 6) is 2.05. The molecule has 5 heteroatoms. The number of hydrogen-bond donors (Lipinski definition) is 2. The van der Waals surface area contributed by atoms with Gasteiger partial charge in [-0.1, -0.05) is 18.2 Å². The van der Waals surface area contributed by atoms with Gasteiger partial charge >= 0.3 is 5.97 Å². The van der Waals surface area contributed by atoms with Crippen LogP contribution in [-0.2, 0) is 0 Å². The summed E-state index contributed by atoms with van der Waals surface area (Å²) in [6.45, 7) is 0. The predicted molar refractivity (Wildman–Crippen MR) is 82.7 cm³/mol. The number of para-hydroxylation sites is 1. The summed E-state index contributed by atoms with van der Waals surface area (Å²) < 4.78 is 0. The minimum Gasteiger partial charge on any atom is -0.478 e. The van der Waals surface area contributed by atoms with E-state index in [1.165, 1.54) is 0 Å². The molecule has 0 amide bonds. The lowest BCUT2D eigenvalue weighted by atomic mass is 10.1. The van der Waals surface area contributed by atoms with Crippen molar-refractivity contribution >= 4 is 34.5 Å². The van der Waals surface area contributed by atoms with Crippen LogP contribution in [0.1, 0.15) is 23.2 Å². The summed E-state index contributed by atoms with van der Waals surface area (Å²) in [5, 5.41) is 13.4. The van der Waals surface area contributed by atoms with E-state index in [0.717, 1.165) is 29.9 Å². The van der Waals surface area contributed by atoms with Crippen molar-refractivity contribution < 1.29 is 9.90 Å². The fourth-order valence-corrected chi connectivity index (χ4v) is 3.58. The lowest BCUT2D eigenvalue weighted by Gasteiger charge is -2.23. The lowest BCUT2D eigenvalue weighted by molar-refractivity contribution is 0.0699. The zero-order chi connectivity index (χ0) is 13.9. The number of benzene rings is 1. The normalized spacial score (nSPS) is 16.2. The number of carboxylic acid groups (broad SMARTS) is 1. The number of fused-ring (bicyclic) bond motifs is 1. The Morgan fingerprint density at radius 3 is 2.80 bits per heavy atom. The van der Waals surface area contributed by atoms with Crippen molar-refractivity contribution in [3.63, 3.8) is 0 Å². The summed E-state index contributed by atoms with van der Waals surface area (Å²) in [5.41, 5.74) is 1.03. The van der Waals surface area contributed by atoms with Crippen molar-refractivity contribution in [1.29, 1.82) is 0 Å². The molecule has 1 aromatic carbocycles. The van der Waals surface area contributed by atoms with Crippen molar-refractivity contribution in [2.24, 2.45) is 0 Å². The zero-order valence-electron chi connectivity index (χ0n) is 11.0. The van der Waals surface area contributed by atoms with Gasteiger partial charge in [-0.05, 0) is 36.5 Å². The molecule has 2 aromatic rings. The van der Waals surface area contributed by atoms with Crippen LogP contribution in [0.15, 0.2) is 30.3 Å². The van der Waals surface area contributed by atoms with Gasteiger partial charge in [-0.2, -0.15) is 11.8 Å². The highest BCUT2D eigenvalue weighted by atomic mass is 32.2. The van der Waals surface area contributed by atoms with Crippen LogP contribution in [-0.4, -0.2) is 33.6 Å². The Morgan fingerprint density at radius 2 is 2.05 bits per heavy atom. The first-order valence-corrected chi connectivity index (χ1v) is 7.87. The Morgan fingerprint density at radius 1 is 1.30 bits per heavy atom. The number of nitrogens with one attached hydrogen (secondary N) is 1. The fourth-order valence-electron chi connectivity index (χ4n) is 2.48. The molecule has 3 rings (SSSR count). The number of anilines is 1. The number of pyridine rings is 1. The van der Waals surface area contributed by atoms with Gasteiger partial charge in [0, 0.05) is 11.4 Å². The van der Waals surface area contributed by atoms with E-state index in [1.54, 1.807) is 12.1 Å². The highest BCUT2D eigenvalue weighted by molar-refractivity contribution is 7.99. The van der Waals surface area contributed by atoms with Gasteiger partial charge in [-0.15, -0.1) is 0 Å². The maximum Gasteiger partial charge on any atom is 0.336 e. The summed E-state index contributed by atoms with van der Waals surface area (Å²) in [6, 6.07) is 9.40. The molecule has 0 saturated carbocycles. The Hall–Kier alpha value is -1.75. The molecule has 1 fully saturated rings. The van der Waals surface area contributed by atoms with Crippen LogP contribution >= 0.6 is 11.8 Å². The van der Waals surface area contributed by atoms with Gasteiger partial charge < -0.3 is 10.4 Å². The second-order valence-corrected chi connectivity index (χ2v) is 6.13. The molecule has 0 spiro atoms. The summed E-state index contributed by atoms with van der Waals surface area (Å²) in [7, 11) is 0. The number of hydrogen-bond acceptors (Lipinski definition) is 4. The molecule has 2 N–H and O–H groups in total. The Kier molecular flexibility index (Phi) is 3.78. The smallest absolute Gasteiger partial charge is 0.336 e. The summed E-state index contributed by atoms with van der Waals surface area (Å²) >= 11 is 1.97. The topological polar surface area (TPSA) is 62.2 Å². The maximum atomic E-state index is 11.4. The van der Waals surface area contributed by atoms with Crippen molar-refractivity contribution in [1.82, 2.24) is 4.98 Å². The number of aromatic nitrogens is 1. The molecule has 0 bridgehead atoms. The van der Waals surface area contributed by atoms with Crippen molar-refractivity contribution in [3.05, 3.63) is 35.9 Å². The molecule has 0 atom stereocenters. The summed E-state index contributed by atoms with van der Waals surface area (Å²) in [4.78, 5) is 15.9. The molecular weight excluding hydrogens is 272 g/mol. The second-order valence-electron chi connectivity index (χ2n) is 4.91. The minimum absolute atomic E-state index is 0.309. The van der Waals surface area contributed by atoms with Gasteiger partial charge in [0.2, 0.25) is 0 Å². The van der Waals surface area contributed by atoms with Crippen molar-refractivity contribution in [2.45, 2.75) is 18.9 Å². The number of nitrogens with zero attached hydrogens (tertiary/aromatic N) is 1. The second kappa shape index (κ2) is 5.71. The van der Waals surface area contributed by atoms with Crippen LogP contribution in [0.25, 0.3) is 10.9 Å². The third kappa shape index (κ3) is 2.72. The minimum atomic E-state index is -0.911. The Bertz CT molecular complexity index is 639. The zero-order valence-corrected chi connectivity index (χ0v) is 11.8. The van der Waals surface area contributed by atoms with E-state index in [0.29, 0.717) is 22.8 Å². The average molecular weight is 288 g/mol. The Labute approximate surface area is 121 Å². The van der Waals surface area contributed by atoms with E-state index in [2.05, 4.69) is 10.3 Å². The standard InChI is InChI=1S/C15H16N2O2S/c18-15(19)12-9-14(16-10-5-7-20-8-6-10)17-13-4-2-1-3-11(12)13/h1-4,9-10H,5-8H2,(H,16,17)(H,18,19). The first kappa shape index (κ1) is 13.2. The van der Waals surface area contributed by atoms with Crippen LogP contribution < -0.4 is 5.32 Å². The molecule has 2 heterocycles. The predicted octanol–water partition coefficient (Wildman–Crippen LogP) is 3.24. The van der Waals surface area contributed by atoms with Gasteiger partial charge in [-0.25, -0.2) is 9.78 Å². The highest BCUT2D eigenvalue weighted by Crippen LogP contribution is 2.24. The monoisotopic (exact) mass is 288 g/mol. The molecule has 4 nitrogen and oxygen atoms in total. The van der Waals surface area contributed by atoms with Gasteiger partial charge in [0.15, 0.2) is 0 Å². The lowest BCUT2D eigenvalue weighted by Crippen LogP contribution is -2.25. The molecule has 1 aliphatic heterocycles. The SMILES string of the molecule is O=C(O)c1cc(NC2CCSCC2)nc2ccccc12. The fraction of sp³-hybridized carbons (Fsp3) is 0.333. The molecular formula is C15H16N2O2S. The van der Waals surface area contributed by atoms with E-state index in [4.69, 9.17) is 0 Å².